The zero-order chi connectivity index (χ0) is 17.2. The number of nitrogens with zero attached hydrogens (tertiary/aromatic N) is 2. The van der Waals surface area contributed by atoms with E-state index in [9.17, 15) is 16.8 Å². The summed E-state index contributed by atoms with van der Waals surface area (Å²) < 4.78 is 53.2. The third-order valence-corrected chi connectivity index (χ3v) is 8.40. The first kappa shape index (κ1) is 17.8. The number of aromatic nitrogens is 2. The molecule has 1 aromatic rings. The molecule has 9 heteroatoms. The van der Waals surface area contributed by atoms with Gasteiger partial charge in [-0.1, -0.05) is 24.4 Å². The van der Waals surface area contributed by atoms with E-state index in [1.54, 1.807) is 0 Å². The molecule has 24 heavy (non-hydrogen) atoms. The van der Waals surface area contributed by atoms with E-state index in [0.29, 0.717) is 18.7 Å². The molecule has 0 bridgehead atoms. The molecular formula is C15H24N2O5S2. The fourth-order valence-electron chi connectivity index (χ4n) is 3.71. The standard InChI is InChI=1S/C15H24N2O5S2/c18-23(19)8-4-5-12(9-23)10-24(20,21)11-14-16-15(22-17-14)13-6-2-1-3-7-13/h12-13H,1-11H2. The van der Waals surface area contributed by atoms with Crippen LogP contribution < -0.4 is 0 Å². The molecule has 0 spiro atoms. The van der Waals surface area contributed by atoms with Crippen molar-refractivity contribution < 1.29 is 21.4 Å². The molecular weight excluding hydrogens is 352 g/mol. The monoisotopic (exact) mass is 376 g/mol. The third kappa shape index (κ3) is 4.78. The van der Waals surface area contributed by atoms with E-state index < -0.39 is 19.7 Å². The summed E-state index contributed by atoms with van der Waals surface area (Å²) in [7, 11) is -6.55. The maximum Gasteiger partial charge on any atom is 0.229 e. The minimum absolute atomic E-state index is 0.0359. The molecule has 2 heterocycles. The van der Waals surface area contributed by atoms with E-state index in [2.05, 4.69) is 10.1 Å². The minimum Gasteiger partial charge on any atom is -0.339 e. The van der Waals surface area contributed by atoms with E-state index in [4.69, 9.17) is 4.52 Å². The van der Waals surface area contributed by atoms with Crippen LogP contribution in [-0.2, 0) is 25.4 Å². The molecule has 7 nitrogen and oxygen atoms in total. The summed E-state index contributed by atoms with van der Waals surface area (Å²) in [6, 6.07) is 0. The van der Waals surface area contributed by atoms with Gasteiger partial charge in [0, 0.05) is 5.92 Å². The first-order valence-corrected chi connectivity index (χ1v) is 12.2. The zero-order valence-corrected chi connectivity index (χ0v) is 15.3. The van der Waals surface area contributed by atoms with Gasteiger partial charge in [0.05, 0.1) is 17.3 Å². The molecule has 1 saturated carbocycles. The molecule has 1 atom stereocenters. The molecule has 1 saturated heterocycles. The lowest BCUT2D eigenvalue weighted by atomic mass is 9.89. The van der Waals surface area contributed by atoms with Gasteiger partial charge in [0.2, 0.25) is 5.89 Å². The second-order valence-electron chi connectivity index (χ2n) is 7.06. The Kier molecular flexibility index (Phi) is 5.29. The molecule has 3 rings (SSSR count). The van der Waals surface area contributed by atoms with Crippen LogP contribution in [0.5, 0.6) is 0 Å². The molecule has 1 aliphatic carbocycles. The Labute approximate surface area is 143 Å². The van der Waals surface area contributed by atoms with Gasteiger partial charge >= 0.3 is 0 Å². The highest BCUT2D eigenvalue weighted by molar-refractivity contribution is 7.92. The highest BCUT2D eigenvalue weighted by atomic mass is 32.2. The summed E-state index contributed by atoms with van der Waals surface area (Å²) in [5.41, 5.74) is 0. The summed E-state index contributed by atoms with van der Waals surface area (Å²) in [4.78, 5) is 4.27. The summed E-state index contributed by atoms with van der Waals surface area (Å²) in [6.07, 6.45) is 6.68. The normalized spacial score (nSPS) is 25.6. The van der Waals surface area contributed by atoms with Crippen LogP contribution in [-0.4, -0.2) is 44.2 Å². The largest absolute Gasteiger partial charge is 0.339 e. The quantitative estimate of drug-likeness (QED) is 0.772. The van der Waals surface area contributed by atoms with Crippen molar-refractivity contribution in [1.29, 1.82) is 0 Å². The highest BCUT2D eigenvalue weighted by Crippen LogP contribution is 2.31. The Hall–Kier alpha value is -0.960. The maximum atomic E-state index is 12.3. The molecule has 0 radical (unpaired) electrons. The SMILES string of the molecule is O=S1(=O)CCCC(CS(=O)(=O)Cc2noc(C3CCCCC3)n2)C1. The van der Waals surface area contributed by atoms with Crippen molar-refractivity contribution in [3.8, 4) is 0 Å². The number of sulfone groups is 2. The second kappa shape index (κ2) is 7.11. The van der Waals surface area contributed by atoms with E-state index >= 15 is 0 Å². The Morgan fingerprint density at radius 2 is 1.83 bits per heavy atom. The Morgan fingerprint density at radius 3 is 2.54 bits per heavy atom. The van der Waals surface area contributed by atoms with Crippen LogP contribution in [0.1, 0.15) is 62.6 Å². The first-order chi connectivity index (χ1) is 11.3. The molecule has 0 amide bonds. The van der Waals surface area contributed by atoms with Crippen LogP contribution in [0, 0.1) is 5.92 Å². The third-order valence-electron chi connectivity index (χ3n) is 4.83. The van der Waals surface area contributed by atoms with Gasteiger partial charge in [-0.15, -0.1) is 0 Å². The average molecular weight is 377 g/mol. The van der Waals surface area contributed by atoms with E-state index in [1.807, 2.05) is 0 Å². The number of rotatable bonds is 5. The zero-order valence-electron chi connectivity index (χ0n) is 13.7. The van der Waals surface area contributed by atoms with Crippen molar-refractivity contribution in [3.05, 3.63) is 11.7 Å². The van der Waals surface area contributed by atoms with E-state index in [0.717, 1.165) is 25.7 Å². The van der Waals surface area contributed by atoms with Crippen LogP contribution >= 0.6 is 0 Å². The smallest absolute Gasteiger partial charge is 0.229 e. The fourth-order valence-corrected chi connectivity index (χ4v) is 7.26. The summed E-state index contributed by atoms with van der Waals surface area (Å²) in [5, 5.41) is 3.81. The summed E-state index contributed by atoms with van der Waals surface area (Å²) in [5.74, 6) is 0.378. The topological polar surface area (TPSA) is 107 Å². The summed E-state index contributed by atoms with van der Waals surface area (Å²) in [6.45, 7) is 0. The predicted octanol–water partition coefficient (Wildman–Crippen LogP) is 1.86. The van der Waals surface area contributed by atoms with Crippen LogP contribution in [0.3, 0.4) is 0 Å². The van der Waals surface area contributed by atoms with Crippen molar-refractivity contribution in [2.24, 2.45) is 5.92 Å². The minimum atomic E-state index is -3.45. The van der Waals surface area contributed by atoms with Gasteiger partial charge < -0.3 is 4.52 Å². The first-order valence-electron chi connectivity index (χ1n) is 8.56. The van der Waals surface area contributed by atoms with E-state index in [-0.39, 0.29) is 40.7 Å². The lowest BCUT2D eigenvalue weighted by Gasteiger charge is -2.21. The average Bonchev–Trinajstić information content (AvgIpc) is 2.94. The van der Waals surface area contributed by atoms with Gasteiger partial charge in [0.25, 0.3) is 0 Å². The van der Waals surface area contributed by atoms with Crippen LogP contribution in [0.4, 0.5) is 0 Å². The molecule has 1 unspecified atom stereocenters. The maximum absolute atomic E-state index is 12.3. The summed E-state index contributed by atoms with van der Waals surface area (Å²) >= 11 is 0. The van der Waals surface area contributed by atoms with Gasteiger partial charge in [-0.25, -0.2) is 16.8 Å². The van der Waals surface area contributed by atoms with Gasteiger partial charge in [0.15, 0.2) is 25.5 Å². The van der Waals surface area contributed by atoms with Crippen molar-refractivity contribution in [1.82, 2.24) is 10.1 Å². The highest BCUT2D eigenvalue weighted by Gasteiger charge is 2.30. The van der Waals surface area contributed by atoms with Crippen LogP contribution in [0.25, 0.3) is 0 Å². The Bertz CT molecular complexity index is 764. The van der Waals surface area contributed by atoms with Crippen molar-refractivity contribution in [3.63, 3.8) is 0 Å². The predicted molar refractivity (Wildman–Crippen MR) is 89.0 cm³/mol. The molecule has 136 valence electrons. The van der Waals surface area contributed by atoms with Gasteiger partial charge in [-0.05, 0) is 31.6 Å². The van der Waals surface area contributed by atoms with Crippen LogP contribution in [0.2, 0.25) is 0 Å². The van der Waals surface area contributed by atoms with Gasteiger partial charge in [-0.3, -0.25) is 0 Å². The molecule has 0 aromatic carbocycles. The van der Waals surface area contributed by atoms with E-state index in [1.165, 1.54) is 6.42 Å². The van der Waals surface area contributed by atoms with Crippen LogP contribution in [0.15, 0.2) is 4.52 Å². The molecule has 0 N–H and O–H groups in total. The van der Waals surface area contributed by atoms with Gasteiger partial charge in [-0.2, -0.15) is 4.98 Å². The molecule has 2 fully saturated rings. The van der Waals surface area contributed by atoms with Crippen molar-refractivity contribution in [2.75, 3.05) is 17.3 Å². The van der Waals surface area contributed by atoms with Gasteiger partial charge in [0.1, 0.15) is 5.75 Å². The lowest BCUT2D eigenvalue weighted by Crippen LogP contribution is -2.30. The number of hydrogen-bond acceptors (Lipinski definition) is 7. The van der Waals surface area contributed by atoms with Crippen molar-refractivity contribution in [2.45, 2.75) is 56.6 Å². The van der Waals surface area contributed by atoms with Crippen molar-refractivity contribution >= 4 is 19.7 Å². The molecule has 1 aliphatic heterocycles. The lowest BCUT2D eigenvalue weighted by molar-refractivity contribution is 0.312. The fraction of sp³-hybridized carbons (Fsp3) is 0.867. The Morgan fingerprint density at radius 1 is 1.08 bits per heavy atom. The molecule has 1 aromatic heterocycles. The second-order valence-corrected chi connectivity index (χ2v) is 11.4. The Balaban J connectivity index is 1.61. The number of hydrogen-bond donors (Lipinski definition) is 0. The molecule has 2 aliphatic rings.